The molecule has 0 fully saturated rings. The quantitative estimate of drug-likeness (QED) is 0.770. The summed E-state index contributed by atoms with van der Waals surface area (Å²) in [6.45, 7) is 1.07. The standard InChI is InChI=1S/C13H12BBrClO2/c1-17-11-4-2-9(3-5-11)7-18-8-10-6-12(15)14-13(10)16/h2-6H,7-8H2,1H3. The monoisotopic (exact) mass is 325 g/mol. The second-order valence-electron chi connectivity index (χ2n) is 3.89. The number of benzene rings is 1. The van der Waals surface area contributed by atoms with Crippen molar-refractivity contribution in [3.8, 4) is 5.75 Å². The minimum absolute atomic E-state index is 0.510. The Morgan fingerprint density at radius 2 is 1.94 bits per heavy atom. The molecule has 0 aromatic heterocycles. The van der Waals surface area contributed by atoms with E-state index >= 15 is 0 Å². The highest BCUT2D eigenvalue weighted by atomic mass is 79.9. The fourth-order valence-corrected chi connectivity index (χ4v) is 2.47. The van der Waals surface area contributed by atoms with Gasteiger partial charge in [-0.15, -0.1) is 0 Å². The summed E-state index contributed by atoms with van der Waals surface area (Å²) in [5.41, 5.74) is 2.11. The van der Waals surface area contributed by atoms with Gasteiger partial charge in [0.05, 0.1) is 20.3 Å². The van der Waals surface area contributed by atoms with E-state index in [1.165, 1.54) is 0 Å². The first-order valence-corrected chi connectivity index (χ1v) is 6.67. The van der Waals surface area contributed by atoms with Gasteiger partial charge in [0.15, 0.2) is 0 Å². The molecule has 5 heteroatoms. The van der Waals surface area contributed by atoms with E-state index in [0.29, 0.717) is 13.2 Å². The molecule has 1 aromatic carbocycles. The van der Waals surface area contributed by atoms with Crippen LogP contribution in [-0.2, 0) is 11.3 Å². The molecule has 0 aliphatic carbocycles. The van der Waals surface area contributed by atoms with Gasteiger partial charge in [-0.05, 0) is 32.6 Å². The fraction of sp³-hybridized carbons (Fsp3) is 0.231. The van der Waals surface area contributed by atoms with Crippen LogP contribution in [0.4, 0.5) is 0 Å². The summed E-state index contributed by atoms with van der Waals surface area (Å²) in [4.78, 5) is 0.733. The van der Waals surface area contributed by atoms with Crippen molar-refractivity contribution in [3.63, 3.8) is 0 Å². The third-order valence-electron chi connectivity index (χ3n) is 2.57. The zero-order valence-electron chi connectivity index (χ0n) is 9.95. The van der Waals surface area contributed by atoms with E-state index in [-0.39, 0.29) is 0 Å². The maximum atomic E-state index is 6.04. The lowest BCUT2D eigenvalue weighted by Gasteiger charge is -2.06. The normalized spacial score (nSPS) is 14.5. The molecule has 93 valence electrons. The van der Waals surface area contributed by atoms with Crippen molar-refractivity contribution in [3.05, 3.63) is 50.8 Å². The highest BCUT2D eigenvalue weighted by Gasteiger charge is 2.13. The van der Waals surface area contributed by atoms with E-state index in [1.54, 1.807) is 7.11 Å². The Bertz CT molecular complexity index is 482. The summed E-state index contributed by atoms with van der Waals surface area (Å²) in [5, 5.41) is 0. The molecule has 0 N–H and O–H groups in total. The van der Waals surface area contributed by atoms with Crippen molar-refractivity contribution < 1.29 is 9.47 Å². The predicted molar refractivity (Wildman–Crippen MR) is 78.3 cm³/mol. The largest absolute Gasteiger partial charge is 0.497 e. The summed E-state index contributed by atoms with van der Waals surface area (Å²) in [7, 11) is 3.52. The van der Waals surface area contributed by atoms with Crippen LogP contribution in [0.3, 0.4) is 0 Å². The summed E-state index contributed by atoms with van der Waals surface area (Å²) < 4.78 is 11.7. The van der Waals surface area contributed by atoms with E-state index in [0.717, 1.165) is 26.2 Å². The number of rotatable bonds is 5. The molecule has 1 aromatic rings. The maximum absolute atomic E-state index is 6.04. The number of ether oxygens (including phenoxy) is 2. The van der Waals surface area contributed by atoms with Crippen molar-refractivity contribution in [1.82, 2.24) is 0 Å². The Morgan fingerprint density at radius 3 is 2.50 bits per heavy atom. The van der Waals surface area contributed by atoms with E-state index < -0.39 is 0 Å². The number of hydrogen-bond acceptors (Lipinski definition) is 2. The van der Waals surface area contributed by atoms with Gasteiger partial charge >= 0.3 is 0 Å². The summed E-state index contributed by atoms with van der Waals surface area (Å²) in [5.74, 6) is 0.849. The lowest BCUT2D eigenvalue weighted by atomic mass is 9.81. The van der Waals surface area contributed by atoms with E-state index in [1.807, 2.05) is 37.6 Å². The number of hydrogen-bond donors (Lipinski definition) is 0. The zero-order chi connectivity index (χ0) is 13.0. The van der Waals surface area contributed by atoms with E-state index in [2.05, 4.69) is 15.9 Å². The van der Waals surface area contributed by atoms with E-state index in [4.69, 9.17) is 21.1 Å². The molecule has 0 atom stereocenters. The van der Waals surface area contributed by atoms with Crippen LogP contribution in [0.1, 0.15) is 5.56 Å². The number of halogens is 2. The fourth-order valence-electron chi connectivity index (χ4n) is 1.60. The van der Waals surface area contributed by atoms with Gasteiger partial charge in [0.2, 0.25) is 7.28 Å². The van der Waals surface area contributed by atoms with Crippen LogP contribution in [0.15, 0.2) is 45.2 Å². The SMILES string of the molecule is COc1ccc(COCC2=C(Cl)[B]C(Br)=C2)cc1. The first-order valence-electron chi connectivity index (χ1n) is 5.50. The first-order chi connectivity index (χ1) is 8.69. The lowest BCUT2D eigenvalue weighted by molar-refractivity contribution is 0.144. The molecule has 0 bridgehead atoms. The molecule has 1 heterocycles. The average molecular weight is 326 g/mol. The highest BCUT2D eigenvalue weighted by Crippen LogP contribution is 2.25. The van der Waals surface area contributed by atoms with Gasteiger partial charge in [0.25, 0.3) is 0 Å². The van der Waals surface area contributed by atoms with Crippen molar-refractivity contribution in [2.45, 2.75) is 6.61 Å². The Hall–Kier alpha value is -0.705. The maximum Gasteiger partial charge on any atom is 0.217 e. The minimum atomic E-state index is 0.510. The molecular weight excluding hydrogens is 314 g/mol. The summed E-state index contributed by atoms with van der Waals surface area (Å²) >= 11 is 9.42. The van der Waals surface area contributed by atoms with Gasteiger partial charge in [-0.1, -0.05) is 45.7 Å². The number of methoxy groups -OCH3 is 1. The predicted octanol–water partition coefficient (Wildman–Crippen LogP) is 3.62. The Labute approximate surface area is 121 Å². The van der Waals surface area contributed by atoms with Gasteiger partial charge in [-0.3, -0.25) is 0 Å². The molecule has 0 spiro atoms. The molecule has 2 rings (SSSR count). The van der Waals surface area contributed by atoms with Crippen molar-refractivity contribution in [2.24, 2.45) is 0 Å². The molecule has 0 saturated heterocycles. The van der Waals surface area contributed by atoms with Gasteiger partial charge < -0.3 is 9.47 Å². The van der Waals surface area contributed by atoms with Crippen LogP contribution in [0, 0.1) is 0 Å². The Morgan fingerprint density at radius 1 is 1.22 bits per heavy atom. The van der Waals surface area contributed by atoms with Gasteiger partial charge in [0.1, 0.15) is 5.75 Å². The molecule has 0 amide bonds. The van der Waals surface area contributed by atoms with Crippen LogP contribution < -0.4 is 4.74 Å². The second kappa shape index (κ2) is 6.46. The summed E-state index contributed by atoms with van der Waals surface area (Å²) in [6, 6.07) is 7.82. The average Bonchev–Trinajstić information content (AvgIpc) is 2.69. The molecule has 0 unspecified atom stereocenters. The van der Waals surface area contributed by atoms with Crippen LogP contribution in [0.5, 0.6) is 5.75 Å². The molecular formula is C13H12BBrClO2. The topological polar surface area (TPSA) is 18.5 Å². The van der Waals surface area contributed by atoms with E-state index in [9.17, 15) is 0 Å². The third kappa shape index (κ3) is 3.64. The van der Waals surface area contributed by atoms with Crippen molar-refractivity contribution >= 4 is 34.8 Å². The van der Waals surface area contributed by atoms with Crippen LogP contribution in [0.25, 0.3) is 0 Å². The Kier molecular flexibility index (Phi) is 4.92. The van der Waals surface area contributed by atoms with Crippen LogP contribution >= 0.6 is 27.5 Å². The molecule has 1 aliphatic rings. The smallest absolute Gasteiger partial charge is 0.217 e. The minimum Gasteiger partial charge on any atom is -0.497 e. The molecule has 0 saturated carbocycles. The van der Waals surface area contributed by atoms with Gasteiger partial charge in [-0.2, -0.15) is 0 Å². The second-order valence-corrected chi connectivity index (χ2v) is 5.21. The molecule has 18 heavy (non-hydrogen) atoms. The first kappa shape index (κ1) is 13.7. The Balaban J connectivity index is 1.83. The summed E-state index contributed by atoms with van der Waals surface area (Å²) in [6.07, 6.45) is 1.97. The lowest BCUT2D eigenvalue weighted by Crippen LogP contribution is -1.98. The van der Waals surface area contributed by atoms with Crippen LogP contribution in [-0.4, -0.2) is 21.0 Å². The van der Waals surface area contributed by atoms with Crippen molar-refractivity contribution in [2.75, 3.05) is 13.7 Å². The molecule has 1 radical (unpaired) electrons. The third-order valence-corrected chi connectivity index (χ3v) is 3.38. The van der Waals surface area contributed by atoms with Crippen LogP contribution in [0.2, 0.25) is 0 Å². The molecule has 2 nitrogen and oxygen atoms in total. The van der Waals surface area contributed by atoms with Gasteiger partial charge in [-0.25, -0.2) is 0 Å². The van der Waals surface area contributed by atoms with Crippen molar-refractivity contribution in [1.29, 1.82) is 0 Å². The van der Waals surface area contributed by atoms with Gasteiger partial charge in [0, 0.05) is 0 Å². The zero-order valence-corrected chi connectivity index (χ0v) is 12.3. The molecule has 1 aliphatic heterocycles. The highest BCUT2D eigenvalue weighted by molar-refractivity contribution is 9.12.